The summed E-state index contributed by atoms with van der Waals surface area (Å²) in [6.45, 7) is 2.30. The Hall–Kier alpha value is -2.16. The van der Waals surface area contributed by atoms with Crippen LogP contribution in [0.15, 0.2) is 48.5 Å². The molecule has 0 saturated carbocycles. The average molecular weight is 271 g/mol. The first-order valence-corrected chi connectivity index (χ1v) is 6.63. The SMILES string of the molecule is Cc1cc(C(=O)N(C)CCc2ccccc2)ccc1F. The summed E-state index contributed by atoms with van der Waals surface area (Å²) in [7, 11) is 1.77. The maximum absolute atomic E-state index is 13.2. The molecule has 2 aromatic carbocycles. The van der Waals surface area contributed by atoms with Crippen LogP contribution in [0.4, 0.5) is 4.39 Å². The monoisotopic (exact) mass is 271 g/mol. The van der Waals surface area contributed by atoms with Gasteiger partial charge in [-0.3, -0.25) is 4.79 Å². The van der Waals surface area contributed by atoms with E-state index in [1.165, 1.54) is 17.7 Å². The Bertz CT molecular complexity index is 595. The Balaban J connectivity index is 1.99. The minimum Gasteiger partial charge on any atom is -0.341 e. The highest BCUT2D eigenvalue weighted by Crippen LogP contribution is 2.11. The number of aryl methyl sites for hydroxylation is 1. The second-order valence-electron chi connectivity index (χ2n) is 4.93. The Kier molecular flexibility index (Phi) is 4.51. The van der Waals surface area contributed by atoms with Gasteiger partial charge in [-0.05, 0) is 42.7 Å². The number of halogens is 1. The molecule has 0 aromatic heterocycles. The zero-order valence-corrected chi connectivity index (χ0v) is 11.8. The van der Waals surface area contributed by atoms with Crippen LogP contribution in [0.5, 0.6) is 0 Å². The molecule has 0 unspecified atom stereocenters. The fraction of sp³-hybridized carbons (Fsp3) is 0.235. The van der Waals surface area contributed by atoms with Crippen molar-refractivity contribution in [2.45, 2.75) is 13.3 Å². The lowest BCUT2D eigenvalue weighted by Crippen LogP contribution is -2.28. The number of likely N-dealkylation sites (N-methyl/N-ethyl adjacent to an activating group) is 1. The molecule has 2 rings (SSSR count). The number of hydrogen-bond donors (Lipinski definition) is 0. The van der Waals surface area contributed by atoms with E-state index in [0.717, 1.165) is 6.42 Å². The van der Waals surface area contributed by atoms with E-state index in [9.17, 15) is 9.18 Å². The van der Waals surface area contributed by atoms with Crippen molar-refractivity contribution in [1.82, 2.24) is 4.90 Å². The van der Waals surface area contributed by atoms with Gasteiger partial charge in [0.15, 0.2) is 0 Å². The van der Waals surface area contributed by atoms with Crippen LogP contribution in [-0.2, 0) is 6.42 Å². The number of benzene rings is 2. The fourth-order valence-corrected chi connectivity index (χ4v) is 2.04. The molecule has 0 bridgehead atoms. The molecule has 0 aliphatic rings. The number of nitrogens with zero attached hydrogens (tertiary/aromatic N) is 1. The second kappa shape index (κ2) is 6.33. The van der Waals surface area contributed by atoms with Crippen LogP contribution in [0, 0.1) is 12.7 Å². The first-order valence-electron chi connectivity index (χ1n) is 6.63. The van der Waals surface area contributed by atoms with Crippen LogP contribution < -0.4 is 0 Å². The summed E-state index contributed by atoms with van der Waals surface area (Å²) < 4.78 is 13.2. The van der Waals surface area contributed by atoms with Gasteiger partial charge in [0.2, 0.25) is 0 Å². The Labute approximate surface area is 118 Å². The maximum atomic E-state index is 13.2. The smallest absolute Gasteiger partial charge is 0.253 e. The summed E-state index contributed by atoms with van der Waals surface area (Å²) in [5.41, 5.74) is 2.22. The molecule has 20 heavy (non-hydrogen) atoms. The minimum atomic E-state index is -0.284. The summed E-state index contributed by atoms with van der Waals surface area (Å²) in [4.78, 5) is 13.9. The third-order valence-electron chi connectivity index (χ3n) is 3.33. The molecule has 0 heterocycles. The summed E-state index contributed by atoms with van der Waals surface area (Å²) in [6.07, 6.45) is 0.809. The Morgan fingerprint density at radius 2 is 1.85 bits per heavy atom. The predicted molar refractivity (Wildman–Crippen MR) is 78.2 cm³/mol. The van der Waals surface area contributed by atoms with Gasteiger partial charge in [-0.15, -0.1) is 0 Å². The highest BCUT2D eigenvalue weighted by atomic mass is 19.1. The normalized spacial score (nSPS) is 10.3. The standard InChI is InChI=1S/C17H18FNO/c1-13-12-15(8-9-16(13)18)17(20)19(2)11-10-14-6-4-3-5-7-14/h3-9,12H,10-11H2,1-2H3. The van der Waals surface area contributed by atoms with E-state index < -0.39 is 0 Å². The molecule has 0 aliphatic carbocycles. The van der Waals surface area contributed by atoms with Crippen molar-refractivity contribution in [3.8, 4) is 0 Å². The lowest BCUT2D eigenvalue weighted by molar-refractivity contribution is 0.0796. The van der Waals surface area contributed by atoms with Gasteiger partial charge in [-0.1, -0.05) is 30.3 Å². The predicted octanol–water partition coefficient (Wildman–Crippen LogP) is 3.45. The highest BCUT2D eigenvalue weighted by molar-refractivity contribution is 5.94. The van der Waals surface area contributed by atoms with Crippen molar-refractivity contribution in [2.75, 3.05) is 13.6 Å². The molecule has 0 spiro atoms. The third-order valence-corrected chi connectivity index (χ3v) is 3.33. The molecule has 2 nitrogen and oxygen atoms in total. The minimum absolute atomic E-state index is 0.0796. The first-order chi connectivity index (χ1) is 9.58. The molecule has 0 N–H and O–H groups in total. The molecule has 1 amide bonds. The van der Waals surface area contributed by atoms with Crippen molar-refractivity contribution in [3.05, 3.63) is 71.0 Å². The third kappa shape index (κ3) is 3.44. The van der Waals surface area contributed by atoms with Crippen molar-refractivity contribution < 1.29 is 9.18 Å². The van der Waals surface area contributed by atoms with Gasteiger partial charge >= 0.3 is 0 Å². The van der Waals surface area contributed by atoms with E-state index in [1.54, 1.807) is 24.9 Å². The van der Waals surface area contributed by atoms with Crippen molar-refractivity contribution >= 4 is 5.91 Å². The van der Waals surface area contributed by atoms with Crippen molar-refractivity contribution in [1.29, 1.82) is 0 Å². The van der Waals surface area contributed by atoms with Crippen LogP contribution in [0.25, 0.3) is 0 Å². The number of rotatable bonds is 4. The molecule has 3 heteroatoms. The van der Waals surface area contributed by atoms with Crippen LogP contribution in [0.1, 0.15) is 21.5 Å². The van der Waals surface area contributed by atoms with Gasteiger partial charge in [0.25, 0.3) is 5.91 Å². The molecule has 0 fully saturated rings. The molecule has 2 aromatic rings. The van der Waals surface area contributed by atoms with Gasteiger partial charge in [-0.25, -0.2) is 4.39 Å². The van der Waals surface area contributed by atoms with Crippen molar-refractivity contribution in [3.63, 3.8) is 0 Å². The van der Waals surface area contributed by atoms with Crippen LogP contribution >= 0.6 is 0 Å². The highest BCUT2D eigenvalue weighted by Gasteiger charge is 2.12. The molecular formula is C17H18FNO. The average Bonchev–Trinajstić information content (AvgIpc) is 2.48. The fourth-order valence-electron chi connectivity index (χ4n) is 2.04. The number of hydrogen-bond acceptors (Lipinski definition) is 1. The molecule has 0 radical (unpaired) electrons. The number of carbonyl (C=O) groups excluding carboxylic acids is 1. The van der Waals surface area contributed by atoms with E-state index in [2.05, 4.69) is 0 Å². The van der Waals surface area contributed by atoms with E-state index in [-0.39, 0.29) is 11.7 Å². The van der Waals surface area contributed by atoms with E-state index in [0.29, 0.717) is 17.7 Å². The largest absolute Gasteiger partial charge is 0.341 e. The molecule has 0 atom stereocenters. The van der Waals surface area contributed by atoms with Gasteiger partial charge in [0, 0.05) is 19.2 Å². The molecule has 104 valence electrons. The van der Waals surface area contributed by atoms with Crippen molar-refractivity contribution in [2.24, 2.45) is 0 Å². The van der Waals surface area contributed by atoms with E-state index >= 15 is 0 Å². The zero-order chi connectivity index (χ0) is 14.5. The second-order valence-corrected chi connectivity index (χ2v) is 4.93. The molecular weight excluding hydrogens is 253 g/mol. The Morgan fingerprint density at radius 3 is 2.50 bits per heavy atom. The summed E-state index contributed by atoms with van der Waals surface area (Å²) in [5.74, 6) is -0.363. The van der Waals surface area contributed by atoms with E-state index in [4.69, 9.17) is 0 Å². The first kappa shape index (κ1) is 14.3. The quantitative estimate of drug-likeness (QED) is 0.834. The van der Waals surface area contributed by atoms with Gasteiger partial charge in [0.05, 0.1) is 0 Å². The summed E-state index contributed by atoms with van der Waals surface area (Å²) >= 11 is 0. The number of carbonyl (C=O) groups is 1. The maximum Gasteiger partial charge on any atom is 0.253 e. The van der Waals surface area contributed by atoms with Gasteiger partial charge in [0.1, 0.15) is 5.82 Å². The lowest BCUT2D eigenvalue weighted by Gasteiger charge is -2.17. The van der Waals surface area contributed by atoms with E-state index in [1.807, 2.05) is 30.3 Å². The number of amides is 1. The Morgan fingerprint density at radius 1 is 1.15 bits per heavy atom. The summed E-state index contributed by atoms with van der Waals surface area (Å²) in [5, 5.41) is 0. The summed E-state index contributed by atoms with van der Waals surface area (Å²) in [6, 6.07) is 14.5. The topological polar surface area (TPSA) is 20.3 Å². The van der Waals surface area contributed by atoms with Crippen LogP contribution in [-0.4, -0.2) is 24.4 Å². The van der Waals surface area contributed by atoms with Crippen LogP contribution in [0.2, 0.25) is 0 Å². The lowest BCUT2D eigenvalue weighted by atomic mass is 10.1. The molecule has 0 saturated heterocycles. The van der Waals surface area contributed by atoms with Crippen LogP contribution in [0.3, 0.4) is 0 Å². The van der Waals surface area contributed by atoms with Gasteiger partial charge < -0.3 is 4.90 Å². The zero-order valence-electron chi connectivity index (χ0n) is 11.8. The van der Waals surface area contributed by atoms with Gasteiger partial charge in [-0.2, -0.15) is 0 Å². The molecule has 0 aliphatic heterocycles.